The number of hydrogen-bond acceptors (Lipinski definition) is 3. The average Bonchev–Trinajstić information content (AvgIpc) is 2.97. The normalized spacial score (nSPS) is 18.8. The SMILES string of the molecule is CCOc1ccc(N2CCN(CC(=O)N3CCC(C)CC3)C2=O)cc1. The highest BCUT2D eigenvalue weighted by atomic mass is 16.5. The van der Waals surface area contributed by atoms with Gasteiger partial charge in [0.15, 0.2) is 0 Å². The van der Waals surface area contributed by atoms with Gasteiger partial charge in [-0.2, -0.15) is 0 Å². The summed E-state index contributed by atoms with van der Waals surface area (Å²) in [4.78, 5) is 30.4. The summed E-state index contributed by atoms with van der Waals surface area (Å²) in [6.45, 7) is 7.78. The van der Waals surface area contributed by atoms with Crippen molar-refractivity contribution in [3.05, 3.63) is 24.3 Å². The monoisotopic (exact) mass is 345 g/mol. The number of carbonyl (C=O) groups is 2. The van der Waals surface area contributed by atoms with E-state index in [0.29, 0.717) is 25.6 Å². The zero-order valence-corrected chi connectivity index (χ0v) is 15.1. The molecule has 2 saturated heterocycles. The van der Waals surface area contributed by atoms with Crippen LogP contribution in [0.3, 0.4) is 0 Å². The molecule has 0 bridgehead atoms. The van der Waals surface area contributed by atoms with Crippen molar-refractivity contribution in [3.63, 3.8) is 0 Å². The van der Waals surface area contributed by atoms with Gasteiger partial charge >= 0.3 is 6.03 Å². The van der Waals surface area contributed by atoms with Crippen molar-refractivity contribution >= 4 is 17.6 Å². The first-order valence-corrected chi connectivity index (χ1v) is 9.15. The second-order valence-corrected chi connectivity index (χ2v) is 6.85. The number of likely N-dealkylation sites (tertiary alicyclic amines) is 1. The van der Waals surface area contributed by atoms with Crippen LogP contribution in [0.1, 0.15) is 26.7 Å². The fourth-order valence-electron chi connectivity index (χ4n) is 3.38. The molecule has 2 fully saturated rings. The van der Waals surface area contributed by atoms with Gasteiger partial charge in [-0.05, 0) is 49.9 Å². The molecule has 2 aliphatic rings. The predicted octanol–water partition coefficient (Wildman–Crippen LogP) is 2.59. The number of hydrogen-bond donors (Lipinski definition) is 0. The average molecular weight is 345 g/mol. The largest absolute Gasteiger partial charge is 0.494 e. The van der Waals surface area contributed by atoms with E-state index in [1.165, 1.54) is 0 Å². The van der Waals surface area contributed by atoms with Crippen LogP contribution in [-0.4, -0.2) is 61.1 Å². The van der Waals surface area contributed by atoms with E-state index in [9.17, 15) is 9.59 Å². The van der Waals surface area contributed by atoms with E-state index in [2.05, 4.69) is 6.92 Å². The maximum absolute atomic E-state index is 12.6. The molecule has 136 valence electrons. The second-order valence-electron chi connectivity index (χ2n) is 6.85. The van der Waals surface area contributed by atoms with Crippen LogP contribution in [0.15, 0.2) is 24.3 Å². The van der Waals surface area contributed by atoms with E-state index in [0.717, 1.165) is 37.4 Å². The number of piperidine rings is 1. The highest BCUT2D eigenvalue weighted by Crippen LogP contribution is 2.24. The molecule has 0 unspecified atom stereocenters. The third-order valence-corrected chi connectivity index (χ3v) is 5.02. The molecule has 0 aromatic heterocycles. The molecule has 0 N–H and O–H groups in total. The minimum Gasteiger partial charge on any atom is -0.494 e. The highest BCUT2D eigenvalue weighted by Gasteiger charge is 2.32. The molecular formula is C19H27N3O3. The fraction of sp³-hybridized carbons (Fsp3) is 0.579. The maximum atomic E-state index is 12.6. The van der Waals surface area contributed by atoms with Crippen LogP contribution in [0.2, 0.25) is 0 Å². The van der Waals surface area contributed by atoms with Crippen LogP contribution < -0.4 is 9.64 Å². The summed E-state index contributed by atoms with van der Waals surface area (Å²) in [5.41, 5.74) is 0.843. The van der Waals surface area contributed by atoms with E-state index in [1.807, 2.05) is 36.1 Å². The number of nitrogens with zero attached hydrogens (tertiary/aromatic N) is 3. The summed E-state index contributed by atoms with van der Waals surface area (Å²) in [6.07, 6.45) is 2.11. The molecule has 1 aromatic carbocycles. The van der Waals surface area contributed by atoms with Crippen molar-refractivity contribution in [2.75, 3.05) is 44.2 Å². The smallest absolute Gasteiger partial charge is 0.325 e. The molecule has 3 rings (SSSR count). The van der Waals surface area contributed by atoms with Gasteiger partial charge < -0.3 is 14.5 Å². The molecule has 25 heavy (non-hydrogen) atoms. The number of anilines is 1. The van der Waals surface area contributed by atoms with Gasteiger partial charge in [0.05, 0.1) is 6.61 Å². The van der Waals surface area contributed by atoms with Gasteiger partial charge in [0.25, 0.3) is 0 Å². The maximum Gasteiger partial charge on any atom is 0.325 e. The minimum atomic E-state index is -0.0945. The predicted molar refractivity (Wildman–Crippen MR) is 96.9 cm³/mol. The van der Waals surface area contributed by atoms with Crippen molar-refractivity contribution in [1.29, 1.82) is 0 Å². The van der Waals surface area contributed by atoms with Gasteiger partial charge in [-0.15, -0.1) is 0 Å². The highest BCUT2D eigenvalue weighted by molar-refractivity contribution is 5.96. The second kappa shape index (κ2) is 7.76. The van der Waals surface area contributed by atoms with E-state index >= 15 is 0 Å². The van der Waals surface area contributed by atoms with Gasteiger partial charge in [-0.25, -0.2) is 4.79 Å². The van der Waals surface area contributed by atoms with Crippen LogP contribution >= 0.6 is 0 Å². The topological polar surface area (TPSA) is 53.1 Å². The van der Waals surface area contributed by atoms with E-state index in [1.54, 1.807) is 9.80 Å². The zero-order chi connectivity index (χ0) is 17.8. The molecule has 0 atom stereocenters. The molecule has 0 saturated carbocycles. The minimum absolute atomic E-state index is 0.0637. The first-order chi connectivity index (χ1) is 12.1. The van der Waals surface area contributed by atoms with Crippen LogP contribution in [0, 0.1) is 5.92 Å². The van der Waals surface area contributed by atoms with Gasteiger partial charge in [0.1, 0.15) is 12.3 Å². The Kier molecular flexibility index (Phi) is 5.46. The molecular weight excluding hydrogens is 318 g/mol. The Balaban J connectivity index is 1.57. The lowest BCUT2D eigenvalue weighted by molar-refractivity contribution is -0.132. The third-order valence-electron chi connectivity index (χ3n) is 5.02. The summed E-state index contributed by atoms with van der Waals surface area (Å²) in [5.74, 6) is 1.55. The van der Waals surface area contributed by atoms with E-state index in [-0.39, 0.29) is 18.5 Å². The van der Waals surface area contributed by atoms with Crippen molar-refractivity contribution in [3.8, 4) is 5.75 Å². The van der Waals surface area contributed by atoms with Crippen LogP contribution in [-0.2, 0) is 4.79 Å². The molecule has 3 amide bonds. The molecule has 6 nitrogen and oxygen atoms in total. The Bertz CT molecular complexity index is 609. The lowest BCUT2D eigenvalue weighted by Gasteiger charge is -2.31. The molecule has 0 radical (unpaired) electrons. The number of carbonyl (C=O) groups excluding carboxylic acids is 2. The molecule has 2 heterocycles. The Labute approximate surface area is 149 Å². The van der Waals surface area contributed by atoms with E-state index in [4.69, 9.17) is 4.74 Å². The lowest BCUT2D eigenvalue weighted by atomic mass is 9.99. The van der Waals surface area contributed by atoms with Crippen molar-refractivity contribution in [2.24, 2.45) is 5.92 Å². The van der Waals surface area contributed by atoms with Gasteiger partial charge in [0, 0.05) is 31.9 Å². The molecule has 0 aliphatic carbocycles. The Morgan fingerprint density at radius 3 is 2.44 bits per heavy atom. The van der Waals surface area contributed by atoms with Gasteiger partial charge in [-0.1, -0.05) is 6.92 Å². The molecule has 6 heteroatoms. The van der Waals surface area contributed by atoms with E-state index < -0.39 is 0 Å². The Morgan fingerprint density at radius 1 is 1.12 bits per heavy atom. The Hall–Kier alpha value is -2.24. The van der Waals surface area contributed by atoms with Gasteiger partial charge in [0.2, 0.25) is 5.91 Å². The summed E-state index contributed by atoms with van der Waals surface area (Å²) in [6, 6.07) is 7.42. The van der Waals surface area contributed by atoms with Crippen molar-refractivity contribution in [1.82, 2.24) is 9.80 Å². The fourth-order valence-corrected chi connectivity index (χ4v) is 3.38. The quantitative estimate of drug-likeness (QED) is 0.824. The number of amides is 3. The number of rotatable bonds is 5. The van der Waals surface area contributed by atoms with Crippen LogP contribution in [0.5, 0.6) is 5.75 Å². The summed E-state index contributed by atoms with van der Waals surface area (Å²) in [7, 11) is 0. The number of benzene rings is 1. The van der Waals surface area contributed by atoms with Crippen molar-refractivity contribution < 1.29 is 14.3 Å². The number of urea groups is 1. The third kappa shape index (κ3) is 4.06. The summed E-state index contributed by atoms with van der Waals surface area (Å²) < 4.78 is 5.43. The van der Waals surface area contributed by atoms with Crippen molar-refractivity contribution in [2.45, 2.75) is 26.7 Å². The molecule has 2 aliphatic heterocycles. The standard InChI is InChI=1S/C19H27N3O3/c1-3-25-17-6-4-16(5-7-17)22-13-12-21(19(22)24)14-18(23)20-10-8-15(2)9-11-20/h4-7,15H,3,8-14H2,1-2H3. The molecule has 0 spiro atoms. The lowest BCUT2D eigenvalue weighted by Crippen LogP contribution is -2.45. The van der Waals surface area contributed by atoms with Gasteiger partial charge in [-0.3, -0.25) is 9.69 Å². The summed E-state index contributed by atoms with van der Waals surface area (Å²) in [5, 5.41) is 0. The summed E-state index contributed by atoms with van der Waals surface area (Å²) >= 11 is 0. The molecule has 1 aromatic rings. The van der Waals surface area contributed by atoms with Crippen LogP contribution in [0.4, 0.5) is 10.5 Å². The first-order valence-electron chi connectivity index (χ1n) is 9.15. The first kappa shape index (κ1) is 17.6. The van der Waals surface area contributed by atoms with Crippen LogP contribution in [0.25, 0.3) is 0 Å². The zero-order valence-electron chi connectivity index (χ0n) is 15.1. The Morgan fingerprint density at radius 2 is 1.80 bits per heavy atom. The number of ether oxygens (including phenoxy) is 1.